The molecule has 7 nitrogen and oxygen atoms in total. The number of benzene rings is 2. The molecule has 2 aromatic carbocycles. The fraction of sp³-hybridized carbons (Fsp3) is 0.333. The summed E-state index contributed by atoms with van der Waals surface area (Å²) in [5.41, 5.74) is 1.61. The second-order valence-corrected chi connectivity index (χ2v) is 8.00. The average Bonchev–Trinajstić information content (AvgIpc) is 3.29. The van der Waals surface area contributed by atoms with Crippen molar-refractivity contribution in [1.29, 1.82) is 0 Å². The molecule has 8 heteroatoms. The van der Waals surface area contributed by atoms with Gasteiger partial charge in [0.2, 0.25) is 5.78 Å². The van der Waals surface area contributed by atoms with Gasteiger partial charge in [-0.3, -0.25) is 4.79 Å². The zero-order valence-corrected chi connectivity index (χ0v) is 17.4. The molecule has 4 rings (SSSR count). The minimum Gasteiger partial charge on any atom is -0.507 e. The first-order valence-corrected chi connectivity index (χ1v) is 10.1. The number of aromatic hydroxyl groups is 1. The van der Waals surface area contributed by atoms with Crippen LogP contribution in [0.1, 0.15) is 30.0 Å². The second-order valence-electron chi connectivity index (χ2n) is 7.14. The molecule has 0 radical (unpaired) electrons. The van der Waals surface area contributed by atoms with Gasteiger partial charge in [-0.2, -0.15) is 0 Å². The summed E-state index contributed by atoms with van der Waals surface area (Å²) >= 11 is 3.53. The van der Waals surface area contributed by atoms with E-state index in [1.165, 1.54) is 5.06 Å². The smallest absolute Gasteiger partial charge is 0.398 e. The van der Waals surface area contributed by atoms with Crippen LogP contribution in [0.3, 0.4) is 0 Å². The van der Waals surface area contributed by atoms with E-state index in [4.69, 9.17) is 9.57 Å². The van der Waals surface area contributed by atoms with Gasteiger partial charge in [-0.25, -0.2) is 9.86 Å². The Hall–Kier alpha value is -2.58. The maximum atomic E-state index is 12.1. The molecule has 2 N–H and O–H groups in total. The lowest BCUT2D eigenvalue weighted by atomic mass is 9.75. The number of carbonyl (C=O) groups is 2. The van der Waals surface area contributed by atoms with Crippen molar-refractivity contribution < 1.29 is 29.4 Å². The molecule has 29 heavy (non-hydrogen) atoms. The molecule has 2 heterocycles. The maximum absolute atomic E-state index is 12.1. The summed E-state index contributed by atoms with van der Waals surface area (Å²) in [6.07, 6.45) is 0.741. The van der Waals surface area contributed by atoms with E-state index in [9.17, 15) is 19.8 Å². The summed E-state index contributed by atoms with van der Waals surface area (Å²) in [5.74, 6) is -0.986. The predicted molar refractivity (Wildman–Crippen MR) is 108 cm³/mol. The van der Waals surface area contributed by atoms with Gasteiger partial charge >= 0.3 is 5.97 Å². The van der Waals surface area contributed by atoms with E-state index < -0.39 is 17.2 Å². The van der Waals surface area contributed by atoms with Gasteiger partial charge in [0, 0.05) is 34.5 Å². The van der Waals surface area contributed by atoms with Crippen LogP contribution in [0.5, 0.6) is 11.5 Å². The SMILES string of the molecule is CCC(=O)C(=O)ON1CC(CO)(c2cc3c(cc2O)OCC3)c2c(Br)cccc21. The van der Waals surface area contributed by atoms with E-state index in [0.29, 0.717) is 40.1 Å². The summed E-state index contributed by atoms with van der Waals surface area (Å²) in [6, 6.07) is 8.73. The number of Topliss-reactive ketones (excluding diaryl/α,β-unsaturated/α-hetero) is 1. The van der Waals surface area contributed by atoms with Crippen molar-refractivity contribution in [2.24, 2.45) is 0 Å². The van der Waals surface area contributed by atoms with Gasteiger partial charge in [0.05, 0.1) is 30.9 Å². The third-order valence-corrected chi connectivity index (χ3v) is 6.15. The zero-order chi connectivity index (χ0) is 20.8. The molecule has 0 bridgehead atoms. The topological polar surface area (TPSA) is 96.3 Å². The number of rotatable bonds is 5. The Morgan fingerprint density at radius 2 is 2.14 bits per heavy atom. The van der Waals surface area contributed by atoms with Crippen molar-refractivity contribution in [2.75, 3.05) is 24.8 Å². The summed E-state index contributed by atoms with van der Waals surface area (Å²) in [6.45, 7) is 1.83. The fourth-order valence-electron chi connectivity index (χ4n) is 4.01. The lowest BCUT2D eigenvalue weighted by Crippen LogP contribution is -2.40. The number of anilines is 1. The third-order valence-electron chi connectivity index (χ3n) is 5.49. The van der Waals surface area contributed by atoms with Crippen molar-refractivity contribution in [1.82, 2.24) is 0 Å². The molecule has 0 saturated heterocycles. The molecule has 0 amide bonds. The fourth-order valence-corrected chi connectivity index (χ4v) is 4.75. The van der Waals surface area contributed by atoms with Crippen LogP contribution in [0.2, 0.25) is 0 Å². The van der Waals surface area contributed by atoms with Crippen molar-refractivity contribution in [2.45, 2.75) is 25.2 Å². The molecule has 2 aliphatic heterocycles. The zero-order valence-electron chi connectivity index (χ0n) is 15.8. The predicted octanol–water partition coefficient (Wildman–Crippen LogP) is 2.63. The minimum absolute atomic E-state index is 0.0146. The molecule has 2 aromatic rings. The van der Waals surface area contributed by atoms with Gasteiger partial charge in [-0.15, -0.1) is 0 Å². The van der Waals surface area contributed by atoms with Gasteiger partial charge in [0.1, 0.15) is 11.5 Å². The number of hydroxylamine groups is 1. The van der Waals surface area contributed by atoms with Crippen LogP contribution in [0, 0.1) is 0 Å². The third kappa shape index (κ3) is 3.07. The Bertz CT molecular complexity index is 1010. The minimum atomic E-state index is -1.06. The van der Waals surface area contributed by atoms with Crippen LogP contribution in [0.4, 0.5) is 5.69 Å². The van der Waals surface area contributed by atoms with E-state index in [0.717, 1.165) is 5.56 Å². The van der Waals surface area contributed by atoms with Crippen LogP contribution < -0.4 is 9.80 Å². The first-order chi connectivity index (χ1) is 13.9. The highest BCUT2D eigenvalue weighted by atomic mass is 79.9. The number of aliphatic hydroxyl groups is 1. The van der Waals surface area contributed by atoms with Gasteiger partial charge in [0.25, 0.3) is 0 Å². The number of aliphatic hydroxyl groups excluding tert-OH is 1. The lowest BCUT2D eigenvalue weighted by Gasteiger charge is -2.30. The second kappa shape index (κ2) is 7.35. The van der Waals surface area contributed by atoms with Crippen molar-refractivity contribution in [3.05, 3.63) is 51.5 Å². The number of nitrogens with zero attached hydrogens (tertiary/aromatic N) is 1. The first kappa shape index (κ1) is 19.7. The number of fused-ring (bicyclic) bond motifs is 2. The van der Waals surface area contributed by atoms with E-state index in [1.54, 1.807) is 25.1 Å². The highest BCUT2D eigenvalue weighted by molar-refractivity contribution is 9.10. The van der Waals surface area contributed by atoms with E-state index >= 15 is 0 Å². The van der Waals surface area contributed by atoms with Crippen LogP contribution in [0.15, 0.2) is 34.8 Å². The number of halogens is 1. The Morgan fingerprint density at radius 1 is 1.34 bits per heavy atom. The van der Waals surface area contributed by atoms with E-state index in [-0.39, 0.29) is 25.3 Å². The summed E-state index contributed by atoms with van der Waals surface area (Å²) < 4.78 is 6.22. The number of hydrogen-bond acceptors (Lipinski definition) is 7. The summed E-state index contributed by atoms with van der Waals surface area (Å²) in [4.78, 5) is 29.2. The van der Waals surface area contributed by atoms with Gasteiger partial charge in [0.15, 0.2) is 0 Å². The quantitative estimate of drug-likeness (QED) is 0.660. The number of phenols is 1. The largest absolute Gasteiger partial charge is 0.507 e. The molecule has 0 saturated carbocycles. The molecular weight excluding hydrogens is 442 g/mol. The molecule has 0 aliphatic carbocycles. The van der Waals surface area contributed by atoms with Crippen LogP contribution in [0.25, 0.3) is 0 Å². The first-order valence-electron chi connectivity index (χ1n) is 9.33. The highest BCUT2D eigenvalue weighted by Crippen LogP contribution is 2.51. The Balaban J connectivity index is 1.85. The number of phenolic OH excluding ortho intramolecular Hbond substituents is 1. The van der Waals surface area contributed by atoms with Gasteiger partial charge in [-0.1, -0.05) is 28.9 Å². The summed E-state index contributed by atoms with van der Waals surface area (Å²) in [7, 11) is 0. The Labute approximate surface area is 175 Å². The monoisotopic (exact) mass is 461 g/mol. The normalized spacial score (nSPS) is 19.5. The molecule has 0 spiro atoms. The number of carbonyl (C=O) groups excluding carboxylic acids is 2. The summed E-state index contributed by atoms with van der Waals surface area (Å²) in [5, 5.41) is 22.6. The molecule has 1 unspecified atom stereocenters. The van der Waals surface area contributed by atoms with Gasteiger partial charge in [-0.05, 0) is 23.8 Å². The molecule has 0 fully saturated rings. The molecule has 2 aliphatic rings. The number of hydrogen-bond donors (Lipinski definition) is 2. The highest BCUT2D eigenvalue weighted by Gasteiger charge is 2.49. The number of ether oxygens (including phenoxy) is 1. The van der Waals surface area contributed by atoms with Crippen molar-refractivity contribution >= 4 is 33.4 Å². The van der Waals surface area contributed by atoms with Crippen molar-refractivity contribution in [3.8, 4) is 11.5 Å². The Morgan fingerprint density at radius 3 is 2.86 bits per heavy atom. The average molecular weight is 462 g/mol. The standard InChI is InChI=1S/C21H20BrNO6/c1-2-16(25)20(27)29-23-10-21(11-24,19-14(22)4-3-5-15(19)23)13-8-12-6-7-28-18(12)9-17(13)26/h3-5,8-9,24,26H,2,6-7,10-11H2,1H3. The number of ketones is 1. The Kier molecular flexibility index (Phi) is 5.00. The maximum Gasteiger partial charge on any atom is 0.398 e. The molecular formula is C21H20BrNO6. The van der Waals surface area contributed by atoms with Crippen LogP contribution >= 0.6 is 15.9 Å². The van der Waals surface area contributed by atoms with Gasteiger partial charge < -0.3 is 19.8 Å². The van der Waals surface area contributed by atoms with Crippen LogP contribution in [-0.2, 0) is 26.3 Å². The molecule has 1 atom stereocenters. The van der Waals surface area contributed by atoms with Crippen LogP contribution in [-0.4, -0.2) is 41.7 Å². The molecule has 0 aromatic heterocycles. The lowest BCUT2D eigenvalue weighted by molar-refractivity contribution is -0.154. The molecule has 152 valence electrons. The van der Waals surface area contributed by atoms with E-state index in [1.807, 2.05) is 12.1 Å². The van der Waals surface area contributed by atoms with Crippen molar-refractivity contribution in [3.63, 3.8) is 0 Å². The van der Waals surface area contributed by atoms with E-state index in [2.05, 4.69) is 15.9 Å².